The summed E-state index contributed by atoms with van der Waals surface area (Å²) in [5.74, 6) is 0.862. The minimum atomic E-state index is -0.655. The van der Waals surface area contributed by atoms with Gasteiger partial charge in [-0.15, -0.1) is 0 Å². The van der Waals surface area contributed by atoms with Crippen LogP contribution in [0.25, 0.3) is 32.0 Å². The van der Waals surface area contributed by atoms with E-state index in [4.69, 9.17) is 23.9 Å². The summed E-state index contributed by atoms with van der Waals surface area (Å²) < 4.78 is 21.3. The van der Waals surface area contributed by atoms with E-state index in [1.807, 2.05) is 32.0 Å². The molecule has 1 amide bonds. The number of hydrogen-bond donors (Lipinski definition) is 1. The highest BCUT2D eigenvalue weighted by atomic mass is 32.1. The second kappa shape index (κ2) is 11.0. The molecule has 13 heteroatoms. The molecule has 0 aliphatic heterocycles. The van der Waals surface area contributed by atoms with Gasteiger partial charge in [-0.1, -0.05) is 11.3 Å². The highest BCUT2D eigenvalue weighted by Crippen LogP contribution is 2.36. The number of methoxy groups -OCH3 is 2. The molecule has 1 aromatic carbocycles. The number of rotatable bonds is 8. The number of carbonyl (C=O) groups is 1. The maximum Gasteiger partial charge on any atom is 0.412 e. The predicted molar refractivity (Wildman–Crippen MR) is 146 cm³/mol. The van der Waals surface area contributed by atoms with E-state index < -0.39 is 12.2 Å². The van der Waals surface area contributed by atoms with Crippen LogP contribution in [-0.4, -0.2) is 62.9 Å². The van der Waals surface area contributed by atoms with Crippen molar-refractivity contribution in [3.8, 4) is 28.3 Å². The van der Waals surface area contributed by atoms with Crippen molar-refractivity contribution in [1.29, 1.82) is 0 Å². The number of thiazole rings is 1. The Morgan fingerprint density at radius 3 is 2.49 bits per heavy atom. The molecule has 0 unspecified atom stereocenters. The zero-order valence-electron chi connectivity index (χ0n) is 21.9. The SMILES string of the molecule is COc1cnc2c(-c3nc4c(C)cc(OC[C@@H](C)OC(=O)Nc5cnc(OC)nc5)nc4s3)cc(C)cc2n1. The second-order valence-corrected chi connectivity index (χ2v) is 9.63. The molecular formula is C26H25N7O5S. The number of anilines is 1. The first-order chi connectivity index (χ1) is 18.8. The fourth-order valence-electron chi connectivity index (χ4n) is 3.78. The molecule has 0 aliphatic carbocycles. The molecule has 5 rings (SSSR count). The summed E-state index contributed by atoms with van der Waals surface area (Å²) in [5, 5.41) is 3.34. The first kappa shape index (κ1) is 26.0. The number of hydrogen-bond acceptors (Lipinski definition) is 12. The topological polar surface area (TPSA) is 143 Å². The Morgan fingerprint density at radius 1 is 0.949 bits per heavy atom. The quantitative estimate of drug-likeness (QED) is 0.288. The Labute approximate surface area is 227 Å². The first-order valence-corrected chi connectivity index (χ1v) is 12.7. The summed E-state index contributed by atoms with van der Waals surface area (Å²) in [7, 11) is 3.02. The molecule has 12 nitrogen and oxygen atoms in total. The highest BCUT2D eigenvalue weighted by molar-refractivity contribution is 7.21. The van der Waals surface area contributed by atoms with Crippen molar-refractivity contribution >= 4 is 44.5 Å². The first-order valence-electron chi connectivity index (χ1n) is 11.9. The van der Waals surface area contributed by atoms with E-state index in [9.17, 15) is 4.79 Å². The van der Waals surface area contributed by atoms with Gasteiger partial charge in [0.1, 0.15) is 28.1 Å². The van der Waals surface area contributed by atoms with E-state index in [2.05, 4.69) is 30.2 Å². The van der Waals surface area contributed by atoms with Gasteiger partial charge < -0.3 is 18.9 Å². The maximum absolute atomic E-state index is 12.2. The van der Waals surface area contributed by atoms with Gasteiger partial charge in [-0.3, -0.25) is 5.32 Å². The third kappa shape index (κ3) is 5.77. The second-order valence-electron chi connectivity index (χ2n) is 8.65. The Hall–Kier alpha value is -4.65. The Balaban J connectivity index is 1.29. The lowest BCUT2D eigenvalue weighted by Crippen LogP contribution is -2.25. The molecule has 0 fully saturated rings. The molecule has 200 valence electrons. The van der Waals surface area contributed by atoms with Crippen LogP contribution >= 0.6 is 11.3 Å². The van der Waals surface area contributed by atoms with Crippen LogP contribution in [0.4, 0.5) is 10.5 Å². The number of nitrogens with one attached hydrogen (secondary N) is 1. The van der Waals surface area contributed by atoms with Gasteiger partial charge in [0.05, 0.1) is 49.5 Å². The summed E-state index contributed by atoms with van der Waals surface area (Å²) in [6, 6.07) is 6.01. The van der Waals surface area contributed by atoms with E-state index in [-0.39, 0.29) is 12.6 Å². The van der Waals surface area contributed by atoms with Crippen LogP contribution in [0.15, 0.2) is 36.8 Å². The van der Waals surface area contributed by atoms with Crippen LogP contribution in [0.5, 0.6) is 17.8 Å². The van der Waals surface area contributed by atoms with Crippen LogP contribution in [0, 0.1) is 13.8 Å². The summed E-state index contributed by atoms with van der Waals surface area (Å²) in [6.45, 7) is 5.78. The van der Waals surface area contributed by atoms with Gasteiger partial charge >= 0.3 is 12.1 Å². The lowest BCUT2D eigenvalue weighted by molar-refractivity contribution is 0.0842. The molecule has 0 bridgehead atoms. The van der Waals surface area contributed by atoms with Crippen LogP contribution in [0.3, 0.4) is 0 Å². The van der Waals surface area contributed by atoms with Crippen LogP contribution in [-0.2, 0) is 4.74 Å². The number of aromatic nitrogens is 6. The van der Waals surface area contributed by atoms with Crippen molar-refractivity contribution in [2.75, 3.05) is 26.1 Å². The molecule has 0 aliphatic rings. The average molecular weight is 548 g/mol. The van der Waals surface area contributed by atoms with Gasteiger partial charge in [-0.25, -0.2) is 34.7 Å². The van der Waals surface area contributed by atoms with Crippen LogP contribution in [0.2, 0.25) is 0 Å². The average Bonchev–Trinajstić information content (AvgIpc) is 3.36. The largest absolute Gasteiger partial charge is 0.480 e. The molecule has 0 spiro atoms. The van der Waals surface area contributed by atoms with Gasteiger partial charge in [0.15, 0.2) is 0 Å². The standard InChI is InChI=1S/C26H25N7O5S/c1-13-6-17(22-18(7-13)31-20(35-4)11-27-22)23-33-21-14(2)8-19(32-24(21)39-23)37-12-15(3)38-26(34)30-16-9-28-25(36-5)29-10-16/h6-11,15H,12H2,1-5H3,(H,30,34)/t15-/m1/s1. The number of pyridine rings is 1. The summed E-state index contributed by atoms with van der Waals surface area (Å²) in [6.07, 6.45) is 3.23. The zero-order chi connectivity index (χ0) is 27.5. The third-order valence-corrected chi connectivity index (χ3v) is 6.56. The van der Waals surface area contributed by atoms with Crippen molar-refractivity contribution < 1.29 is 23.7 Å². The Kier molecular flexibility index (Phi) is 7.32. The van der Waals surface area contributed by atoms with Gasteiger partial charge in [0.2, 0.25) is 11.8 Å². The summed E-state index contributed by atoms with van der Waals surface area (Å²) in [5.41, 5.74) is 5.45. The molecule has 0 saturated heterocycles. The number of nitrogens with zero attached hydrogens (tertiary/aromatic N) is 6. The smallest absolute Gasteiger partial charge is 0.412 e. The lowest BCUT2D eigenvalue weighted by atomic mass is 10.1. The van der Waals surface area contributed by atoms with Crippen molar-refractivity contribution in [1.82, 2.24) is 29.9 Å². The third-order valence-electron chi connectivity index (χ3n) is 5.57. The monoisotopic (exact) mass is 547 g/mol. The summed E-state index contributed by atoms with van der Waals surface area (Å²) >= 11 is 1.44. The number of carbonyl (C=O) groups excluding carboxylic acids is 1. The number of fused-ring (bicyclic) bond motifs is 2. The van der Waals surface area contributed by atoms with Crippen molar-refractivity contribution in [3.63, 3.8) is 0 Å². The number of benzene rings is 1. The molecule has 5 aromatic rings. The molecule has 4 aromatic heterocycles. The van der Waals surface area contributed by atoms with Crippen molar-refractivity contribution in [3.05, 3.63) is 47.9 Å². The minimum Gasteiger partial charge on any atom is -0.480 e. The molecule has 0 saturated carbocycles. The van der Waals surface area contributed by atoms with Crippen LogP contribution < -0.4 is 19.5 Å². The van der Waals surface area contributed by atoms with E-state index in [1.54, 1.807) is 20.2 Å². The van der Waals surface area contributed by atoms with Crippen molar-refractivity contribution in [2.24, 2.45) is 0 Å². The molecule has 1 atom stereocenters. The normalized spacial score (nSPS) is 11.8. The van der Waals surface area contributed by atoms with Gasteiger partial charge in [0.25, 0.3) is 0 Å². The van der Waals surface area contributed by atoms with E-state index >= 15 is 0 Å². The number of amides is 1. The molecule has 4 heterocycles. The van der Waals surface area contributed by atoms with Crippen LogP contribution in [0.1, 0.15) is 18.1 Å². The van der Waals surface area contributed by atoms with E-state index in [0.717, 1.165) is 43.1 Å². The van der Waals surface area contributed by atoms with Gasteiger partial charge in [-0.2, -0.15) is 0 Å². The number of aryl methyl sites for hydroxylation is 2. The fraction of sp³-hybridized carbons (Fsp3) is 0.269. The fourth-order valence-corrected chi connectivity index (χ4v) is 4.81. The van der Waals surface area contributed by atoms with E-state index in [0.29, 0.717) is 17.4 Å². The molecule has 39 heavy (non-hydrogen) atoms. The molecule has 0 radical (unpaired) electrons. The Bertz CT molecular complexity index is 1660. The Morgan fingerprint density at radius 2 is 1.74 bits per heavy atom. The summed E-state index contributed by atoms with van der Waals surface area (Å²) in [4.78, 5) is 39.4. The maximum atomic E-state index is 12.2. The minimum absolute atomic E-state index is 0.107. The zero-order valence-corrected chi connectivity index (χ0v) is 22.7. The van der Waals surface area contributed by atoms with Gasteiger partial charge in [0, 0.05) is 11.6 Å². The van der Waals surface area contributed by atoms with E-state index in [1.165, 1.54) is 30.8 Å². The van der Waals surface area contributed by atoms with Gasteiger partial charge in [-0.05, 0) is 44.0 Å². The van der Waals surface area contributed by atoms with Crippen molar-refractivity contribution in [2.45, 2.75) is 26.9 Å². The highest BCUT2D eigenvalue weighted by Gasteiger charge is 2.17. The number of ether oxygens (including phenoxy) is 4. The predicted octanol–water partition coefficient (Wildman–Crippen LogP) is 4.74. The molecule has 1 N–H and O–H groups in total. The molecular weight excluding hydrogens is 522 g/mol. The lowest BCUT2D eigenvalue weighted by Gasteiger charge is -2.14.